The summed E-state index contributed by atoms with van der Waals surface area (Å²) in [6.45, 7) is 0.348. The molecule has 0 aliphatic carbocycles. The van der Waals surface area contributed by atoms with Crippen molar-refractivity contribution in [3.8, 4) is 11.5 Å². The van der Waals surface area contributed by atoms with Crippen molar-refractivity contribution in [2.45, 2.75) is 17.9 Å². The second-order valence-electron chi connectivity index (χ2n) is 6.00. The Labute approximate surface area is 162 Å². The van der Waals surface area contributed by atoms with Crippen molar-refractivity contribution in [2.75, 3.05) is 20.8 Å². The molecule has 0 saturated heterocycles. The van der Waals surface area contributed by atoms with Crippen molar-refractivity contribution in [1.82, 2.24) is 4.31 Å². The molecular formula is C18H17ClNO6S-. The van der Waals surface area contributed by atoms with Crippen molar-refractivity contribution in [2.24, 2.45) is 0 Å². The van der Waals surface area contributed by atoms with Gasteiger partial charge in [-0.25, -0.2) is 8.42 Å². The third-order valence-electron chi connectivity index (χ3n) is 4.47. The first-order chi connectivity index (χ1) is 12.8. The third-order valence-corrected chi connectivity index (χ3v) is 6.79. The first kappa shape index (κ1) is 19.5. The van der Waals surface area contributed by atoms with Crippen molar-refractivity contribution >= 4 is 27.6 Å². The lowest BCUT2D eigenvalue weighted by Crippen LogP contribution is -2.36. The smallest absolute Gasteiger partial charge is 0.244 e. The van der Waals surface area contributed by atoms with Gasteiger partial charge in [-0.05, 0) is 47.4 Å². The largest absolute Gasteiger partial charge is 0.545 e. The molecule has 7 nitrogen and oxygen atoms in total. The van der Waals surface area contributed by atoms with Gasteiger partial charge in [-0.15, -0.1) is 0 Å². The molecule has 0 N–H and O–H groups in total. The second kappa shape index (κ2) is 7.38. The van der Waals surface area contributed by atoms with Crippen LogP contribution in [0.2, 0.25) is 5.02 Å². The normalized spacial score (nSPS) is 14.5. The summed E-state index contributed by atoms with van der Waals surface area (Å²) in [4.78, 5) is 10.8. The zero-order chi connectivity index (χ0) is 19.8. The van der Waals surface area contributed by atoms with Crippen LogP contribution in [0.1, 0.15) is 21.5 Å². The quantitative estimate of drug-likeness (QED) is 0.740. The molecule has 0 fully saturated rings. The summed E-state index contributed by atoms with van der Waals surface area (Å²) < 4.78 is 37.9. The van der Waals surface area contributed by atoms with Crippen LogP contribution in [0.3, 0.4) is 0 Å². The fraction of sp³-hybridized carbons (Fsp3) is 0.278. The maximum atomic E-state index is 13.0. The number of nitrogens with zero attached hydrogens (tertiary/aromatic N) is 1. The minimum atomic E-state index is -3.99. The van der Waals surface area contributed by atoms with Crippen LogP contribution in [-0.2, 0) is 23.0 Å². The molecule has 27 heavy (non-hydrogen) atoms. The van der Waals surface area contributed by atoms with E-state index in [1.165, 1.54) is 30.7 Å². The Balaban J connectivity index is 1.99. The minimum Gasteiger partial charge on any atom is -0.545 e. The number of carbonyl (C=O) groups is 1. The lowest BCUT2D eigenvalue weighted by Gasteiger charge is -2.29. The molecule has 144 valence electrons. The zero-order valence-electron chi connectivity index (χ0n) is 14.7. The minimum absolute atomic E-state index is 0.0434. The molecule has 1 aliphatic heterocycles. The van der Waals surface area contributed by atoms with Gasteiger partial charge in [0.1, 0.15) is 4.90 Å². The second-order valence-corrected chi connectivity index (χ2v) is 8.31. The molecular weight excluding hydrogens is 394 g/mol. The lowest BCUT2D eigenvalue weighted by atomic mass is 10.0. The summed E-state index contributed by atoms with van der Waals surface area (Å²) in [7, 11) is -0.944. The highest BCUT2D eigenvalue weighted by Gasteiger charge is 2.31. The fourth-order valence-electron chi connectivity index (χ4n) is 3.03. The number of halogens is 1. The number of carboxylic acid groups (broad SMARTS) is 1. The molecule has 0 bridgehead atoms. The molecule has 1 aliphatic rings. The molecule has 0 radical (unpaired) electrons. The number of hydrogen-bond donors (Lipinski definition) is 0. The van der Waals surface area contributed by atoms with Gasteiger partial charge >= 0.3 is 0 Å². The van der Waals surface area contributed by atoms with Gasteiger partial charge in [0, 0.05) is 13.1 Å². The number of ether oxygens (including phenoxy) is 2. The van der Waals surface area contributed by atoms with Crippen molar-refractivity contribution in [3.05, 3.63) is 52.0 Å². The molecule has 9 heteroatoms. The molecule has 0 amide bonds. The molecule has 3 rings (SSSR count). The van der Waals surface area contributed by atoms with Crippen molar-refractivity contribution < 1.29 is 27.8 Å². The van der Waals surface area contributed by atoms with E-state index in [0.29, 0.717) is 17.9 Å². The van der Waals surface area contributed by atoms with Gasteiger partial charge in [0.2, 0.25) is 10.0 Å². The summed E-state index contributed by atoms with van der Waals surface area (Å²) >= 11 is 6.04. The van der Waals surface area contributed by atoms with Crippen LogP contribution in [0.15, 0.2) is 35.2 Å². The van der Waals surface area contributed by atoms with E-state index in [1.54, 1.807) is 6.07 Å². The van der Waals surface area contributed by atoms with Gasteiger partial charge in [0.15, 0.2) is 11.5 Å². The standard InChI is InChI=1S/C18H18ClNO6S/c1-25-15-7-11-5-6-20(10-13(11)8-16(15)26-2)27(23,24)17-9-12(18(21)22)3-4-14(17)19/h3-4,7-9H,5-6,10H2,1-2H3,(H,21,22)/p-1. The number of sulfonamides is 1. The highest BCUT2D eigenvalue weighted by atomic mass is 35.5. The predicted octanol–water partition coefficient (Wildman–Crippen LogP) is 1.47. The maximum absolute atomic E-state index is 13.0. The Morgan fingerprint density at radius 3 is 2.33 bits per heavy atom. The Bertz CT molecular complexity index is 1010. The number of rotatable bonds is 5. The van der Waals surface area contributed by atoms with Gasteiger partial charge in [0.25, 0.3) is 0 Å². The number of carboxylic acids is 1. The number of carbonyl (C=O) groups excluding carboxylic acids is 1. The molecule has 0 unspecified atom stereocenters. The van der Waals surface area contributed by atoms with Gasteiger partial charge in [-0.3, -0.25) is 0 Å². The van der Waals surface area contributed by atoms with E-state index in [-0.39, 0.29) is 28.6 Å². The van der Waals surface area contributed by atoms with Gasteiger partial charge in [-0.2, -0.15) is 4.31 Å². The van der Waals surface area contributed by atoms with Crippen LogP contribution in [0.25, 0.3) is 0 Å². The molecule has 1 heterocycles. The highest BCUT2D eigenvalue weighted by molar-refractivity contribution is 7.89. The van der Waals surface area contributed by atoms with E-state index in [4.69, 9.17) is 21.1 Å². The molecule has 0 saturated carbocycles. The predicted molar refractivity (Wildman–Crippen MR) is 96.6 cm³/mol. The molecule has 2 aromatic rings. The van der Waals surface area contributed by atoms with E-state index < -0.39 is 16.0 Å². The number of hydrogen-bond acceptors (Lipinski definition) is 6. The first-order valence-corrected chi connectivity index (χ1v) is 9.84. The Hall–Kier alpha value is -2.29. The summed E-state index contributed by atoms with van der Waals surface area (Å²) in [5, 5.41) is 11.0. The van der Waals surface area contributed by atoms with Crippen LogP contribution in [0, 0.1) is 0 Å². The van der Waals surface area contributed by atoms with E-state index in [9.17, 15) is 18.3 Å². The number of benzene rings is 2. The van der Waals surface area contributed by atoms with Crippen LogP contribution >= 0.6 is 11.6 Å². The van der Waals surface area contributed by atoms with Crippen molar-refractivity contribution in [1.29, 1.82) is 0 Å². The lowest BCUT2D eigenvalue weighted by molar-refractivity contribution is -0.255. The average molecular weight is 411 g/mol. The van der Waals surface area contributed by atoms with Crippen LogP contribution in [0.4, 0.5) is 0 Å². The van der Waals surface area contributed by atoms with Gasteiger partial charge in [0.05, 0.1) is 25.2 Å². The third kappa shape index (κ3) is 3.60. The van der Waals surface area contributed by atoms with E-state index in [0.717, 1.165) is 17.2 Å². The summed E-state index contributed by atoms with van der Waals surface area (Å²) in [6.07, 6.45) is 0.479. The SMILES string of the molecule is COc1cc2c(cc1OC)CN(S(=O)(=O)c1cc(C(=O)[O-])ccc1Cl)CC2. The summed E-state index contributed by atoms with van der Waals surface area (Å²) in [5.41, 5.74) is 1.50. The molecule has 0 aromatic heterocycles. The topological polar surface area (TPSA) is 96.0 Å². The Kier molecular flexibility index (Phi) is 5.32. The molecule has 0 atom stereocenters. The fourth-order valence-corrected chi connectivity index (χ4v) is 4.95. The van der Waals surface area contributed by atoms with E-state index >= 15 is 0 Å². The Morgan fingerprint density at radius 2 is 1.74 bits per heavy atom. The summed E-state index contributed by atoms with van der Waals surface area (Å²) in [5.74, 6) is -0.381. The van der Waals surface area contributed by atoms with E-state index in [2.05, 4.69) is 0 Å². The van der Waals surface area contributed by atoms with Crippen LogP contribution in [0.5, 0.6) is 11.5 Å². The van der Waals surface area contributed by atoms with E-state index in [1.807, 2.05) is 6.07 Å². The van der Waals surface area contributed by atoms with Gasteiger partial charge < -0.3 is 19.4 Å². The zero-order valence-corrected chi connectivity index (χ0v) is 16.3. The summed E-state index contributed by atoms with van der Waals surface area (Å²) in [6, 6.07) is 7.05. The highest BCUT2D eigenvalue weighted by Crippen LogP contribution is 2.35. The monoisotopic (exact) mass is 410 g/mol. The molecule has 0 spiro atoms. The van der Waals surface area contributed by atoms with Crippen LogP contribution in [-0.4, -0.2) is 39.5 Å². The Morgan fingerprint density at radius 1 is 1.11 bits per heavy atom. The van der Waals surface area contributed by atoms with Crippen molar-refractivity contribution in [3.63, 3.8) is 0 Å². The van der Waals surface area contributed by atoms with Gasteiger partial charge in [-0.1, -0.05) is 17.7 Å². The first-order valence-electron chi connectivity index (χ1n) is 8.02. The number of aromatic carboxylic acids is 1. The number of fused-ring (bicyclic) bond motifs is 1. The maximum Gasteiger partial charge on any atom is 0.244 e. The molecule has 2 aromatic carbocycles. The van der Waals surface area contributed by atoms with Crippen LogP contribution < -0.4 is 14.6 Å². The number of methoxy groups -OCH3 is 2. The average Bonchev–Trinajstić information content (AvgIpc) is 2.66.